The minimum Gasteiger partial charge on any atom is -0.851 e. The van der Waals surface area contributed by atoms with Gasteiger partial charge >= 0.3 is 34.1 Å². The Morgan fingerprint density at radius 2 is 0.652 bits per heavy atom. The molecule has 1 aromatic carbocycles. The molecule has 0 aromatic heterocycles. The minimum absolute atomic E-state index is 0. The monoisotopic (exact) mass is 736 g/mol. The van der Waals surface area contributed by atoms with E-state index in [1.165, 1.54) is 11.1 Å². The van der Waals surface area contributed by atoms with Gasteiger partial charge in [-0.15, -0.1) is 24.4 Å². The first-order valence-corrected chi connectivity index (χ1v) is 16.1. The van der Waals surface area contributed by atoms with E-state index in [-0.39, 0.29) is 45.1 Å². The normalized spacial score (nSPS) is 21.6. The van der Waals surface area contributed by atoms with E-state index in [1.807, 2.05) is 0 Å². The molecule has 0 unspecified atom stereocenters. The molecule has 12 nitrogen and oxygen atoms in total. The quantitative estimate of drug-likeness (QED) is 0.192. The number of benzene rings is 1. The maximum absolute atomic E-state index is 12.0. The summed E-state index contributed by atoms with van der Waals surface area (Å²) in [6.07, 6.45) is -2.52. The molecule has 263 valence electrons. The molecule has 3 rings (SSSR count). The molecule has 14 heteroatoms. The molecule has 4 atom stereocenters. The Morgan fingerprint density at radius 1 is 0.457 bits per heavy atom. The van der Waals surface area contributed by atoms with E-state index >= 15 is 0 Å². The first kappa shape index (κ1) is 47.9. The molecule has 0 saturated carbocycles. The van der Waals surface area contributed by atoms with Crippen LogP contribution in [-0.4, -0.2) is 169 Å². The Labute approximate surface area is 299 Å². The molecule has 2 aliphatic rings. The SMILES string of the molecule is C[C@H]([O-])CN1CCN(Cc2ccccc2CN2CCN(C[C@H](C)[O-])CCN(C[C@H](C)[O-])CC2)CCN(C[C@H](C)[O-])CC1.O.O.[Fe+5].[Fe+6]. The second-order valence-electron chi connectivity index (χ2n) is 12.8. The van der Waals surface area contributed by atoms with Crippen LogP contribution in [0.4, 0.5) is 0 Å². The third kappa shape index (κ3) is 19.1. The van der Waals surface area contributed by atoms with Crippen LogP contribution in [0.2, 0.25) is 0 Å². The fraction of sp³-hybridized carbons (Fsp3) is 0.812. The molecule has 2 saturated heterocycles. The molecule has 2 heterocycles. The van der Waals surface area contributed by atoms with Crippen molar-refractivity contribution in [2.45, 2.75) is 65.2 Å². The summed E-state index contributed by atoms with van der Waals surface area (Å²) >= 11 is 0. The molecular formula is C32H60Fe2N6O6+7. The summed E-state index contributed by atoms with van der Waals surface area (Å²) in [6.45, 7) is 20.9. The van der Waals surface area contributed by atoms with Crippen molar-refractivity contribution < 1.29 is 65.5 Å². The number of hydrogen-bond donors (Lipinski definition) is 0. The number of rotatable bonds is 12. The van der Waals surface area contributed by atoms with Gasteiger partial charge in [0.1, 0.15) is 0 Å². The van der Waals surface area contributed by atoms with Gasteiger partial charge in [-0.1, -0.05) is 52.0 Å². The first-order valence-electron chi connectivity index (χ1n) is 16.1. The van der Waals surface area contributed by atoms with Crippen LogP contribution in [0.1, 0.15) is 38.8 Å². The Bertz CT molecular complexity index is 778. The summed E-state index contributed by atoms with van der Waals surface area (Å²) in [6, 6.07) is 8.67. The topological polar surface area (TPSA) is 175 Å². The summed E-state index contributed by atoms with van der Waals surface area (Å²) < 4.78 is 0. The van der Waals surface area contributed by atoms with Crippen LogP contribution in [0.15, 0.2) is 24.3 Å². The summed E-state index contributed by atoms with van der Waals surface area (Å²) in [7, 11) is 0. The molecule has 0 amide bonds. The zero-order valence-electron chi connectivity index (χ0n) is 28.4. The van der Waals surface area contributed by atoms with Crippen molar-refractivity contribution in [2.75, 3.05) is 105 Å². The second-order valence-corrected chi connectivity index (χ2v) is 12.8. The molecular weight excluding hydrogens is 676 g/mol. The van der Waals surface area contributed by atoms with Crippen LogP contribution in [0.5, 0.6) is 0 Å². The van der Waals surface area contributed by atoms with Gasteiger partial charge in [-0.3, -0.25) is 9.80 Å². The average molecular weight is 737 g/mol. The van der Waals surface area contributed by atoms with Gasteiger partial charge < -0.3 is 51.0 Å². The van der Waals surface area contributed by atoms with Crippen LogP contribution < -0.4 is 20.4 Å². The minimum atomic E-state index is -0.630. The standard InChI is InChI=1S/C32H56N6O4.2Fe.2H2O/c1-27(39)21-33-9-10-34(22-28(2)40)14-18-37(17-13-33)25-31-7-5-6-8-32(31)26-38-19-15-35(23-29(3)41)11-12-36(16-20-38)24-30(4)42;;;;/h5-8,27-30H,9-26H2,1-4H3;;;2*1H2/q-4;+5;+6;;/t27-,28-,29-,30-;;;;/m0..../s1. The van der Waals surface area contributed by atoms with Crippen LogP contribution in [0.25, 0.3) is 0 Å². The average Bonchev–Trinajstić information content (AvgIpc) is 3.05. The summed E-state index contributed by atoms with van der Waals surface area (Å²) in [4.78, 5) is 14.0. The third-order valence-corrected chi connectivity index (χ3v) is 8.36. The van der Waals surface area contributed by atoms with Crippen molar-refractivity contribution in [3.63, 3.8) is 0 Å². The van der Waals surface area contributed by atoms with E-state index < -0.39 is 24.4 Å². The Balaban J connectivity index is 0. The maximum Gasteiger partial charge on any atom is 6.00 e. The van der Waals surface area contributed by atoms with Gasteiger partial charge in [-0.05, 0) is 37.3 Å². The van der Waals surface area contributed by atoms with Crippen LogP contribution in [0.3, 0.4) is 0 Å². The zero-order chi connectivity index (χ0) is 30.5. The first-order chi connectivity index (χ1) is 20.1. The summed E-state index contributed by atoms with van der Waals surface area (Å²) in [5.74, 6) is 0. The maximum atomic E-state index is 12.0. The van der Waals surface area contributed by atoms with Crippen molar-refractivity contribution in [3.05, 3.63) is 35.4 Å². The van der Waals surface area contributed by atoms with Crippen molar-refractivity contribution in [2.24, 2.45) is 0 Å². The van der Waals surface area contributed by atoms with E-state index in [2.05, 4.69) is 53.7 Å². The molecule has 46 heavy (non-hydrogen) atoms. The molecule has 0 aliphatic carbocycles. The molecule has 0 spiro atoms. The van der Waals surface area contributed by atoms with E-state index in [4.69, 9.17) is 0 Å². The van der Waals surface area contributed by atoms with Crippen molar-refractivity contribution in [1.29, 1.82) is 0 Å². The second kappa shape index (κ2) is 25.7. The molecule has 1 radical (unpaired) electrons. The van der Waals surface area contributed by atoms with E-state index in [9.17, 15) is 20.4 Å². The van der Waals surface area contributed by atoms with Crippen LogP contribution >= 0.6 is 0 Å². The Morgan fingerprint density at radius 3 is 0.848 bits per heavy atom. The number of hydrogen-bond acceptors (Lipinski definition) is 10. The van der Waals surface area contributed by atoms with E-state index in [0.29, 0.717) is 26.2 Å². The van der Waals surface area contributed by atoms with Gasteiger partial charge in [-0.25, -0.2) is 0 Å². The van der Waals surface area contributed by atoms with Gasteiger partial charge in [0.15, 0.2) is 0 Å². The largest absolute Gasteiger partial charge is 6.00 e. The Kier molecular flexibility index (Phi) is 26.8. The summed E-state index contributed by atoms with van der Waals surface area (Å²) in [5, 5.41) is 48.0. The van der Waals surface area contributed by atoms with Gasteiger partial charge in [0.25, 0.3) is 0 Å². The Hall–Kier alpha value is -0.221. The van der Waals surface area contributed by atoms with E-state index in [1.54, 1.807) is 27.7 Å². The predicted octanol–water partition coefficient (Wildman–Crippen LogP) is -4.13. The van der Waals surface area contributed by atoms with Crippen LogP contribution in [-0.2, 0) is 47.2 Å². The number of nitrogens with zero attached hydrogens (tertiary/aromatic N) is 6. The smallest absolute Gasteiger partial charge is 0.851 e. The van der Waals surface area contributed by atoms with Crippen LogP contribution in [0, 0.1) is 0 Å². The van der Waals surface area contributed by atoms with E-state index in [0.717, 1.165) is 91.6 Å². The predicted molar refractivity (Wildman–Crippen MR) is 168 cm³/mol. The molecule has 2 aliphatic heterocycles. The fourth-order valence-electron chi connectivity index (χ4n) is 6.22. The van der Waals surface area contributed by atoms with Crippen molar-refractivity contribution in [3.8, 4) is 0 Å². The van der Waals surface area contributed by atoms with Gasteiger partial charge in [0, 0.05) is 91.6 Å². The van der Waals surface area contributed by atoms with Crippen molar-refractivity contribution >= 4 is 0 Å². The molecule has 2 fully saturated rings. The summed E-state index contributed by atoms with van der Waals surface area (Å²) in [5.41, 5.74) is 2.61. The zero-order valence-corrected chi connectivity index (χ0v) is 30.6. The van der Waals surface area contributed by atoms with Gasteiger partial charge in [-0.2, -0.15) is 0 Å². The molecule has 4 N–H and O–H groups in total. The van der Waals surface area contributed by atoms with Gasteiger partial charge in [0.05, 0.1) is 0 Å². The third-order valence-electron chi connectivity index (χ3n) is 8.36. The molecule has 1 aromatic rings. The van der Waals surface area contributed by atoms with Crippen molar-refractivity contribution in [1.82, 2.24) is 29.4 Å². The molecule has 0 bridgehead atoms. The van der Waals surface area contributed by atoms with Gasteiger partial charge in [0.2, 0.25) is 0 Å². The fourth-order valence-corrected chi connectivity index (χ4v) is 6.22.